The predicted molar refractivity (Wildman–Crippen MR) is 295 cm³/mol. The normalized spacial score (nSPS) is 10.4. The molecule has 10 rings (SSSR count). The van der Waals surface area contributed by atoms with Gasteiger partial charge in [0.2, 0.25) is 0 Å². The van der Waals surface area contributed by atoms with Crippen molar-refractivity contribution in [3.05, 3.63) is 210 Å². The van der Waals surface area contributed by atoms with Crippen molar-refractivity contribution < 1.29 is 80.8 Å². The third-order valence-corrected chi connectivity index (χ3v) is 11.4. The van der Waals surface area contributed by atoms with Crippen LogP contribution in [0.5, 0.6) is 0 Å². The molecule has 1 atom stereocenters. The maximum atomic E-state index is 8.87. The molecule has 0 bridgehead atoms. The van der Waals surface area contributed by atoms with Gasteiger partial charge in [0.25, 0.3) is 0 Å². The average Bonchev–Trinajstić information content (AvgIpc) is 3.43. The number of nitrogens with zero attached hydrogens (tertiary/aromatic N) is 8. The molecule has 1 unspecified atom stereocenters. The van der Waals surface area contributed by atoms with Crippen LogP contribution in [0, 0.1) is 27.7 Å². The summed E-state index contributed by atoms with van der Waals surface area (Å²) >= 11 is 8.46. The molecule has 2 aromatic carbocycles. The third-order valence-electron chi connectivity index (χ3n) is 11.0. The molecular weight excluding hydrogens is 1080 g/mol. The maximum absolute atomic E-state index is 8.87. The fourth-order valence-corrected chi connectivity index (χ4v) is 7.60. The Kier molecular flexibility index (Phi) is 28.1. The summed E-state index contributed by atoms with van der Waals surface area (Å²) < 4.78 is 11.3. The second-order valence-electron chi connectivity index (χ2n) is 16.4. The minimum atomic E-state index is -3.15. The Labute approximate surface area is 535 Å². The number of pyridine rings is 8. The Bertz CT molecular complexity index is 3470. The molecule has 368 valence electrons. The number of fused-ring (bicyclic) bond motifs is 2. The molecule has 10 aromatic rings. The number of benzene rings is 2. The van der Waals surface area contributed by atoms with Gasteiger partial charge in [-0.2, -0.15) is 0 Å². The summed E-state index contributed by atoms with van der Waals surface area (Å²) in [6.07, 6.45) is 14.3. The summed E-state index contributed by atoms with van der Waals surface area (Å²) in [5, 5.41) is 37.3. The van der Waals surface area contributed by atoms with Crippen LogP contribution in [-0.2, 0) is 22.3 Å². The van der Waals surface area contributed by atoms with E-state index in [4.69, 9.17) is 36.4 Å². The van der Waals surface area contributed by atoms with Crippen molar-refractivity contribution in [2.75, 3.05) is 10.6 Å². The number of nitrogens with one attached hydrogen (secondary N) is 2. The van der Waals surface area contributed by atoms with Gasteiger partial charge in [-0.05, 0) is 155 Å². The SMILES string of the molecule is Cc1cc(-c2ccc(CNc3nccc4cc(-c5ccnc(C)c5)ncc34)cc2)ccn1.Cc1cc(-c2ccc(CNc3nccc4cc(Cl)ncc34)cc2)ccn1.Cc1cc(B(O)O)ccn1.O=[P+]([O-])O[O-].[K+].[K][K]. The Hall–Kier alpha value is -3.08. The topological polar surface area (TPSA) is 240 Å². The van der Waals surface area contributed by atoms with Crippen molar-refractivity contribution in [3.63, 3.8) is 0 Å². The molecule has 0 radical (unpaired) electrons. The van der Waals surface area contributed by atoms with Gasteiger partial charge in [0.1, 0.15) is 16.8 Å². The van der Waals surface area contributed by atoms with Gasteiger partial charge in [-0.15, -0.1) is 0 Å². The molecule has 0 spiro atoms. The third kappa shape index (κ3) is 20.2. The molecule has 0 fully saturated rings. The fraction of sp³-hybridized carbons (Fsp3) is 0.111. The van der Waals surface area contributed by atoms with E-state index in [1.807, 2.05) is 94.2 Å². The van der Waals surface area contributed by atoms with Crippen LogP contribution in [0.2, 0.25) is 5.15 Å². The van der Waals surface area contributed by atoms with Crippen molar-refractivity contribution in [1.82, 2.24) is 39.9 Å². The molecule has 0 amide bonds. The van der Waals surface area contributed by atoms with Gasteiger partial charge >= 0.3 is 130 Å². The molecule has 8 aromatic heterocycles. The number of hydrogen-bond acceptors (Lipinski definition) is 16. The first-order valence-electron chi connectivity index (χ1n) is 23.6. The number of halogens is 1. The van der Waals surface area contributed by atoms with Crippen molar-refractivity contribution in [2.45, 2.75) is 40.8 Å². The summed E-state index contributed by atoms with van der Waals surface area (Å²) in [7, 11) is -4.54. The van der Waals surface area contributed by atoms with Crippen LogP contribution in [0.15, 0.2) is 171 Å². The van der Waals surface area contributed by atoms with Crippen LogP contribution < -0.4 is 77.6 Å². The second-order valence-corrected chi connectivity index (χ2v) is 17.4. The molecule has 8 heterocycles. The van der Waals surface area contributed by atoms with Crippen molar-refractivity contribution in [2.24, 2.45) is 0 Å². The van der Waals surface area contributed by atoms with E-state index in [1.165, 1.54) is 96.5 Å². The van der Waals surface area contributed by atoms with E-state index in [2.05, 4.69) is 122 Å². The Morgan fingerprint density at radius 2 is 0.934 bits per heavy atom. The summed E-state index contributed by atoms with van der Waals surface area (Å²) in [6.45, 7) is 9.17. The van der Waals surface area contributed by atoms with E-state index in [9.17, 15) is 0 Å². The van der Waals surface area contributed by atoms with E-state index in [0.717, 1.165) is 67.2 Å². The molecule has 22 heteroatoms. The number of aryl methyl sites for hydroxylation is 4. The van der Waals surface area contributed by atoms with E-state index < -0.39 is 15.4 Å². The van der Waals surface area contributed by atoms with Crippen LogP contribution in [0.4, 0.5) is 11.6 Å². The number of anilines is 2. The van der Waals surface area contributed by atoms with Crippen molar-refractivity contribution in [3.8, 4) is 33.5 Å². The van der Waals surface area contributed by atoms with Gasteiger partial charge in [0.15, 0.2) is 0 Å². The standard InChI is InChI=1S/C27H23N5.C21H17ClN4.C6H8BNO2.3K.HO4P/c1-18-13-22(7-10-28-18)21-5-3-20(4-6-21)16-32-27-25-17-31-26(15-23(25)8-12-30-27)24-9-11-29-19(2)14-24;1-14-10-17(6-8-23-14)16-4-2-15(3-5-16)12-26-21-19-13-25-20(22)11-18(19)7-9-24-21;1-5-4-6(7(9)10)2-3-8-5;;;;1-4-5(2)3/h3-15,17H,16H2,1-2H3,(H,30,32);2-11,13H,12H2,1H3,(H,24,26);2-4,9-10H,1H3;;;;1H/q;;;;;+1;/p-1. The average molecular weight is 1130 g/mol. The van der Waals surface area contributed by atoms with Crippen LogP contribution in [0.25, 0.3) is 55.1 Å². The summed E-state index contributed by atoms with van der Waals surface area (Å²) in [4.78, 5) is 43.4. The quantitative estimate of drug-likeness (QED) is 0.0445. The van der Waals surface area contributed by atoms with Gasteiger partial charge in [-0.3, -0.25) is 24.9 Å². The molecule has 0 aliphatic heterocycles. The van der Waals surface area contributed by atoms with Crippen LogP contribution in [0.3, 0.4) is 0 Å². The van der Waals surface area contributed by atoms with Crippen LogP contribution >= 0.6 is 19.9 Å². The predicted octanol–water partition coefficient (Wildman–Crippen LogP) is 4.86. The Morgan fingerprint density at radius 1 is 0.539 bits per heavy atom. The van der Waals surface area contributed by atoms with Gasteiger partial charge in [-0.25, -0.2) is 19.6 Å². The minimum absolute atomic E-state index is 0. The molecule has 0 aliphatic rings. The fourth-order valence-electron chi connectivity index (χ4n) is 7.43. The summed E-state index contributed by atoms with van der Waals surface area (Å²) in [5.41, 5.74) is 13.4. The van der Waals surface area contributed by atoms with E-state index in [1.54, 1.807) is 37.6 Å². The second kappa shape index (κ2) is 33.5. The van der Waals surface area contributed by atoms with Crippen LogP contribution in [0.1, 0.15) is 33.9 Å². The molecular formula is C54H48BClK3N10O6P. The van der Waals surface area contributed by atoms with Crippen LogP contribution in [-0.4, -0.2) is 120 Å². The van der Waals surface area contributed by atoms with Crippen molar-refractivity contribution >= 4 is 129 Å². The monoisotopic (exact) mass is 1130 g/mol. The molecule has 4 N–H and O–H groups in total. The molecule has 76 heavy (non-hydrogen) atoms. The first-order chi connectivity index (χ1) is 36.3. The van der Waals surface area contributed by atoms with Gasteiger partial charge in [0.05, 0.1) is 5.69 Å². The van der Waals surface area contributed by atoms with Gasteiger partial charge in [-0.1, -0.05) is 60.1 Å². The van der Waals surface area contributed by atoms with Gasteiger partial charge < -0.3 is 30.8 Å². The summed E-state index contributed by atoms with van der Waals surface area (Å²) in [5.74, 6) is 1.64. The zero-order valence-electron chi connectivity index (χ0n) is 43.1. The van der Waals surface area contributed by atoms with E-state index >= 15 is 0 Å². The van der Waals surface area contributed by atoms with Crippen molar-refractivity contribution in [1.29, 1.82) is 0 Å². The number of hydrogen-bond donors (Lipinski definition) is 4. The molecule has 0 saturated heterocycles. The van der Waals surface area contributed by atoms with E-state index in [-0.39, 0.29) is 51.4 Å². The zero-order valence-corrected chi connectivity index (χ0v) is 54.1. The number of rotatable bonds is 11. The first-order valence-corrected chi connectivity index (χ1v) is 41.1. The zero-order chi connectivity index (χ0) is 53.7. The molecule has 16 nitrogen and oxygen atoms in total. The summed E-state index contributed by atoms with van der Waals surface area (Å²) in [6, 6.07) is 40.5. The number of aromatic nitrogens is 8. The Balaban J connectivity index is 0.000000216. The Morgan fingerprint density at radius 3 is 1.36 bits per heavy atom. The molecule has 0 saturated carbocycles. The van der Waals surface area contributed by atoms with Gasteiger partial charge in [0, 0.05) is 102 Å². The van der Waals surface area contributed by atoms with E-state index in [0.29, 0.717) is 23.7 Å². The first kappa shape index (κ1) is 63.8. The molecule has 0 aliphatic carbocycles.